The zero-order chi connectivity index (χ0) is 21.8. The molecule has 1 N–H and O–H groups in total. The molecule has 1 fully saturated rings. The molecule has 1 heterocycles. The van der Waals surface area contributed by atoms with E-state index in [0.717, 1.165) is 35.1 Å². The lowest BCUT2D eigenvalue weighted by Gasteiger charge is -2.27. The average molecular weight is 452 g/mol. The maximum atomic E-state index is 12.7. The van der Waals surface area contributed by atoms with Crippen molar-refractivity contribution in [3.05, 3.63) is 59.7 Å². The van der Waals surface area contributed by atoms with E-state index in [9.17, 15) is 16.8 Å². The topological polar surface area (TPSA) is 86.8 Å². The standard InChI is InChI=1S/C21H29N3O4S2/c1-23(2)30(27,28)21-12-10-20(11-13-21)29(25,26)22-16-18-8-4-5-9-19(18)17-24-14-6-3-7-15-24/h4-5,8-13,22H,3,6-7,14-17H2,1-2H3. The van der Waals surface area contributed by atoms with Gasteiger partial charge in [-0.2, -0.15) is 0 Å². The zero-order valence-corrected chi connectivity index (χ0v) is 19.0. The van der Waals surface area contributed by atoms with Crippen molar-refractivity contribution in [1.82, 2.24) is 13.9 Å². The van der Waals surface area contributed by atoms with E-state index in [0.29, 0.717) is 0 Å². The third-order valence-electron chi connectivity index (χ3n) is 5.33. The van der Waals surface area contributed by atoms with Crippen LogP contribution in [-0.2, 0) is 33.1 Å². The van der Waals surface area contributed by atoms with Crippen molar-refractivity contribution >= 4 is 20.0 Å². The van der Waals surface area contributed by atoms with Crippen molar-refractivity contribution in [1.29, 1.82) is 0 Å². The van der Waals surface area contributed by atoms with E-state index in [4.69, 9.17) is 0 Å². The Hall–Kier alpha value is -1.78. The summed E-state index contributed by atoms with van der Waals surface area (Å²) in [7, 11) is -4.50. The van der Waals surface area contributed by atoms with Crippen LogP contribution in [0.15, 0.2) is 58.3 Å². The minimum absolute atomic E-state index is 0.0358. The third kappa shape index (κ3) is 5.47. The summed E-state index contributed by atoms with van der Waals surface area (Å²) < 4.78 is 53.5. The molecular formula is C21H29N3O4S2. The van der Waals surface area contributed by atoms with Gasteiger partial charge in [0.25, 0.3) is 0 Å². The molecule has 0 spiro atoms. The minimum atomic E-state index is -3.76. The van der Waals surface area contributed by atoms with Gasteiger partial charge in [-0.25, -0.2) is 25.9 Å². The summed E-state index contributed by atoms with van der Waals surface area (Å²) in [5, 5.41) is 0. The monoisotopic (exact) mass is 451 g/mol. The van der Waals surface area contributed by atoms with Gasteiger partial charge in [0.1, 0.15) is 0 Å². The highest BCUT2D eigenvalue weighted by molar-refractivity contribution is 7.89. The van der Waals surface area contributed by atoms with Crippen LogP contribution in [0.2, 0.25) is 0 Å². The number of nitrogens with one attached hydrogen (secondary N) is 1. The maximum absolute atomic E-state index is 12.7. The first-order valence-electron chi connectivity index (χ1n) is 10.0. The molecule has 164 valence electrons. The molecule has 30 heavy (non-hydrogen) atoms. The maximum Gasteiger partial charge on any atom is 0.242 e. The van der Waals surface area contributed by atoms with E-state index < -0.39 is 20.0 Å². The first-order chi connectivity index (χ1) is 14.2. The van der Waals surface area contributed by atoms with Crippen LogP contribution in [0.1, 0.15) is 30.4 Å². The van der Waals surface area contributed by atoms with Crippen molar-refractivity contribution in [3.8, 4) is 0 Å². The smallest absolute Gasteiger partial charge is 0.242 e. The fourth-order valence-electron chi connectivity index (χ4n) is 3.50. The predicted octanol–water partition coefficient (Wildman–Crippen LogP) is 2.40. The SMILES string of the molecule is CN(C)S(=O)(=O)c1ccc(S(=O)(=O)NCc2ccccc2CN2CCCCC2)cc1. The van der Waals surface area contributed by atoms with Gasteiger partial charge >= 0.3 is 0 Å². The summed E-state index contributed by atoms with van der Waals surface area (Å²) in [5.74, 6) is 0. The molecule has 2 aromatic rings. The molecule has 0 bridgehead atoms. The predicted molar refractivity (Wildman–Crippen MR) is 117 cm³/mol. The lowest BCUT2D eigenvalue weighted by molar-refractivity contribution is 0.220. The van der Waals surface area contributed by atoms with Gasteiger partial charge in [-0.3, -0.25) is 4.90 Å². The van der Waals surface area contributed by atoms with Crippen molar-refractivity contribution in [2.45, 2.75) is 42.1 Å². The van der Waals surface area contributed by atoms with Crippen LogP contribution in [0.25, 0.3) is 0 Å². The number of rotatable bonds is 8. The molecule has 0 amide bonds. The van der Waals surface area contributed by atoms with E-state index in [2.05, 4.69) is 9.62 Å². The number of nitrogens with zero attached hydrogens (tertiary/aromatic N) is 2. The summed E-state index contributed by atoms with van der Waals surface area (Å²) in [5.41, 5.74) is 2.06. The first-order valence-corrected chi connectivity index (χ1v) is 12.9. The third-order valence-corrected chi connectivity index (χ3v) is 8.57. The molecular weight excluding hydrogens is 422 g/mol. The van der Waals surface area contributed by atoms with Gasteiger partial charge in [-0.15, -0.1) is 0 Å². The highest BCUT2D eigenvalue weighted by Crippen LogP contribution is 2.19. The van der Waals surface area contributed by atoms with Gasteiger partial charge in [0.2, 0.25) is 20.0 Å². The van der Waals surface area contributed by atoms with Crippen LogP contribution in [0, 0.1) is 0 Å². The Morgan fingerprint density at radius 1 is 0.833 bits per heavy atom. The normalized spacial score (nSPS) is 16.1. The van der Waals surface area contributed by atoms with Crippen molar-refractivity contribution in [3.63, 3.8) is 0 Å². The van der Waals surface area contributed by atoms with Crippen LogP contribution < -0.4 is 4.72 Å². The van der Waals surface area contributed by atoms with Crippen LogP contribution in [0.3, 0.4) is 0 Å². The van der Waals surface area contributed by atoms with E-state index in [1.54, 1.807) is 0 Å². The molecule has 1 saturated heterocycles. The summed E-state index contributed by atoms with van der Waals surface area (Å²) in [6, 6.07) is 13.1. The van der Waals surface area contributed by atoms with E-state index in [1.165, 1.54) is 57.6 Å². The second kappa shape index (κ2) is 9.57. The van der Waals surface area contributed by atoms with Gasteiger partial charge in [-0.1, -0.05) is 30.7 Å². The fourth-order valence-corrected chi connectivity index (χ4v) is 5.41. The molecule has 0 aromatic heterocycles. The lowest BCUT2D eigenvalue weighted by atomic mass is 10.1. The second-order valence-corrected chi connectivity index (χ2v) is 11.6. The Labute approximate surface area is 179 Å². The van der Waals surface area contributed by atoms with E-state index in [-0.39, 0.29) is 16.3 Å². The molecule has 0 saturated carbocycles. The molecule has 1 aliphatic heterocycles. The summed E-state index contributed by atoms with van der Waals surface area (Å²) >= 11 is 0. The van der Waals surface area contributed by atoms with Crippen LogP contribution in [0.5, 0.6) is 0 Å². The molecule has 0 radical (unpaired) electrons. The Morgan fingerprint density at radius 3 is 2.00 bits per heavy atom. The number of benzene rings is 2. The number of sulfonamides is 2. The molecule has 2 aromatic carbocycles. The summed E-state index contributed by atoms with van der Waals surface area (Å²) in [4.78, 5) is 2.49. The quantitative estimate of drug-likeness (QED) is 0.666. The van der Waals surface area contributed by atoms with Crippen molar-refractivity contribution < 1.29 is 16.8 Å². The molecule has 7 nitrogen and oxygen atoms in total. The van der Waals surface area contributed by atoms with Gasteiger partial charge < -0.3 is 0 Å². The van der Waals surface area contributed by atoms with Crippen LogP contribution in [-0.4, -0.2) is 53.2 Å². The Bertz CT molecular complexity index is 1060. The summed E-state index contributed by atoms with van der Waals surface area (Å²) in [6.07, 6.45) is 3.68. The summed E-state index contributed by atoms with van der Waals surface area (Å²) in [6.45, 7) is 3.14. The van der Waals surface area contributed by atoms with E-state index >= 15 is 0 Å². The van der Waals surface area contributed by atoms with E-state index in [1.807, 2.05) is 24.3 Å². The first kappa shape index (κ1) is 22.9. The number of hydrogen-bond acceptors (Lipinski definition) is 5. The molecule has 0 aliphatic carbocycles. The zero-order valence-electron chi connectivity index (χ0n) is 17.4. The second-order valence-electron chi connectivity index (χ2n) is 7.69. The number of piperidine rings is 1. The molecule has 1 aliphatic rings. The van der Waals surface area contributed by atoms with Crippen LogP contribution >= 0.6 is 0 Å². The highest BCUT2D eigenvalue weighted by Gasteiger charge is 2.20. The molecule has 0 unspecified atom stereocenters. The Morgan fingerprint density at radius 2 is 1.40 bits per heavy atom. The average Bonchev–Trinajstić information content (AvgIpc) is 2.74. The largest absolute Gasteiger partial charge is 0.299 e. The Kier molecular flexibility index (Phi) is 7.30. The lowest BCUT2D eigenvalue weighted by Crippen LogP contribution is -2.30. The Balaban J connectivity index is 1.71. The number of likely N-dealkylation sites (tertiary alicyclic amines) is 1. The molecule has 0 atom stereocenters. The van der Waals surface area contributed by atoms with Crippen molar-refractivity contribution in [2.24, 2.45) is 0 Å². The van der Waals surface area contributed by atoms with Gasteiger partial charge in [-0.05, 0) is 61.3 Å². The van der Waals surface area contributed by atoms with Gasteiger partial charge in [0, 0.05) is 27.2 Å². The fraction of sp³-hybridized carbons (Fsp3) is 0.429. The molecule has 9 heteroatoms. The van der Waals surface area contributed by atoms with Gasteiger partial charge in [0.05, 0.1) is 9.79 Å². The number of hydrogen-bond donors (Lipinski definition) is 1. The van der Waals surface area contributed by atoms with Crippen molar-refractivity contribution in [2.75, 3.05) is 27.2 Å². The van der Waals surface area contributed by atoms with Gasteiger partial charge in [0.15, 0.2) is 0 Å². The van der Waals surface area contributed by atoms with Crippen LogP contribution in [0.4, 0.5) is 0 Å². The minimum Gasteiger partial charge on any atom is -0.299 e. The molecule has 3 rings (SSSR count). The highest BCUT2D eigenvalue weighted by atomic mass is 32.2.